The Morgan fingerprint density at radius 1 is 1.36 bits per heavy atom. The van der Waals surface area contributed by atoms with Crippen molar-refractivity contribution < 1.29 is 9.53 Å². The van der Waals surface area contributed by atoms with Crippen LogP contribution in [0.15, 0.2) is 0 Å². The van der Waals surface area contributed by atoms with E-state index in [1.165, 1.54) is 12.8 Å². The van der Waals surface area contributed by atoms with Crippen LogP contribution < -0.4 is 0 Å². The van der Waals surface area contributed by atoms with Gasteiger partial charge in [0.05, 0.1) is 12.2 Å². The molecular formula is C12H20O2. The van der Waals surface area contributed by atoms with Gasteiger partial charge in [0, 0.05) is 12.8 Å². The zero-order valence-corrected chi connectivity index (χ0v) is 9.16. The van der Waals surface area contributed by atoms with Gasteiger partial charge < -0.3 is 4.74 Å². The maximum atomic E-state index is 11.3. The lowest BCUT2D eigenvalue weighted by Gasteiger charge is -2.30. The average molecular weight is 196 g/mol. The Kier molecular flexibility index (Phi) is 2.91. The van der Waals surface area contributed by atoms with E-state index >= 15 is 0 Å². The minimum atomic E-state index is 0.201. The number of hydrogen-bond acceptors (Lipinski definition) is 2. The highest BCUT2D eigenvalue weighted by atomic mass is 16.5. The van der Waals surface area contributed by atoms with Crippen LogP contribution in [0.25, 0.3) is 0 Å². The fourth-order valence-electron chi connectivity index (χ4n) is 2.24. The molecule has 0 heterocycles. The third-order valence-electron chi connectivity index (χ3n) is 3.62. The molecule has 0 amide bonds. The Morgan fingerprint density at radius 2 is 2.07 bits per heavy atom. The van der Waals surface area contributed by atoms with Gasteiger partial charge in [-0.2, -0.15) is 0 Å². The topological polar surface area (TPSA) is 26.3 Å². The Bertz CT molecular complexity index is 220. The lowest BCUT2D eigenvalue weighted by atomic mass is 9.87. The first kappa shape index (κ1) is 10.2. The molecule has 2 heteroatoms. The van der Waals surface area contributed by atoms with E-state index in [1.807, 2.05) is 0 Å². The van der Waals surface area contributed by atoms with Crippen molar-refractivity contribution in [3.8, 4) is 0 Å². The van der Waals surface area contributed by atoms with Gasteiger partial charge in [0.15, 0.2) is 0 Å². The predicted molar refractivity (Wildman–Crippen MR) is 55.1 cm³/mol. The lowest BCUT2D eigenvalue weighted by Crippen LogP contribution is -2.33. The smallest absolute Gasteiger partial charge is 0.135 e. The largest absolute Gasteiger partial charge is 0.374 e. The summed E-state index contributed by atoms with van der Waals surface area (Å²) in [6.07, 6.45) is 5.63. The molecule has 2 rings (SSSR count). The second-order valence-electron chi connectivity index (χ2n) is 4.98. The summed E-state index contributed by atoms with van der Waals surface area (Å²) in [5, 5.41) is 0. The van der Waals surface area contributed by atoms with Crippen LogP contribution in [0.1, 0.15) is 46.0 Å². The van der Waals surface area contributed by atoms with Gasteiger partial charge in [0.2, 0.25) is 0 Å². The van der Waals surface area contributed by atoms with E-state index in [0.717, 1.165) is 18.8 Å². The van der Waals surface area contributed by atoms with Crippen molar-refractivity contribution in [2.75, 3.05) is 0 Å². The highest BCUT2D eigenvalue weighted by molar-refractivity contribution is 5.79. The van der Waals surface area contributed by atoms with Gasteiger partial charge in [-0.05, 0) is 38.0 Å². The summed E-state index contributed by atoms with van der Waals surface area (Å²) in [7, 11) is 0. The molecule has 2 nitrogen and oxygen atoms in total. The minimum Gasteiger partial charge on any atom is -0.374 e. The predicted octanol–water partition coefficient (Wildman–Crippen LogP) is 2.56. The number of ketones is 1. The van der Waals surface area contributed by atoms with Gasteiger partial charge in [-0.1, -0.05) is 6.92 Å². The van der Waals surface area contributed by atoms with E-state index in [1.54, 1.807) is 0 Å². The molecule has 2 fully saturated rings. The van der Waals surface area contributed by atoms with Crippen molar-refractivity contribution in [3.05, 3.63) is 0 Å². The van der Waals surface area contributed by atoms with Crippen LogP contribution in [0.3, 0.4) is 0 Å². The molecule has 2 aliphatic rings. The third kappa shape index (κ3) is 2.35. The molecule has 0 aromatic carbocycles. The Labute approximate surface area is 86.0 Å². The average Bonchev–Trinajstić information content (AvgIpc) is 2.94. The number of carbonyl (C=O) groups excluding carboxylic acids is 1. The highest BCUT2D eigenvalue weighted by Gasteiger charge is 2.34. The molecular weight excluding hydrogens is 176 g/mol. The second kappa shape index (κ2) is 4.01. The number of rotatable bonds is 3. The van der Waals surface area contributed by atoms with Crippen molar-refractivity contribution in [3.63, 3.8) is 0 Å². The molecule has 2 saturated carbocycles. The van der Waals surface area contributed by atoms with Crippen LogP contribution in [0.2, 0.25) is 0 Å². The Balaban J connectivity index is 1.84. The molecule has 80 valence electrons. The molecule has 0 aliphatic heterocycles. The molecule has 3 atom stereocenters. The van der Waals surface area contributed by atoms with E-state index in [4.69, 9.17) is 4.74 Å². The molecule has 0 radical (unpaired) electrons. The number of ether oxygens (including phenoxy) is 1. The van der Waals surface area contributed by atoms with E-state index in [0.29, 0.717) is 24.2 Å². The number of hydrogen-bond donors (Lipinski definition) is 0. The van der Waals surface area contributed by atoms with E-state index in [-0.39, 0.29) is 6.10 Å². The van der Waals surface area contributed by atoms with E-state index in [2.05, 4.69) is 13.8 Å². The van der Waals surface area contributed by atoms with Crippen molar-refractivity contribution in [2.45, 2.75) is 58.2 Å². The maximum Gasteiger partial charge on any atom is 0.135 e. The highest BCUT2D eigenvalue weighted by Crippen LogP contribution is 2.36. The van der Waals surface area contributed by atoms with Crippen LogP contribution in [0.4, 0.5) is 0 Å². The molecule has 0 aromatic heterocycles. The normalized spacial score (nSPS) is 35.7. The molecule has 2 aliphatic carbocycles. The van der Waals surface area contributed by atoms with Gasteiger partial charge in [-0.25, -0.2) is 0 Å². The minimum absolute atomic E-state index is 0.201. The molecule has 0 bridgehead atoms. The molecule has 3 unspecified atom stereocenters. The summed E-state index contributed by atoms with van der Waals surface area (Å²) in [6.45, 7) is 4.36. The van der Waals surface area contributed by atoms with Crippen LogP contribution >= 0.6 is 0 Å². The van der Waals surface area contributed by atoms with Gasteiger partial charge in [-0.15, -0.1) is 0 Å². The van der Waals surface area contributed by atoms with Crippen LogP contribution in [0.5, 0.6) is 0 Å². The van der Waals surface area contributed by atoms with Gasteiger partial charge >= 0.3 is 0 Å². The van der Waals surface area contributed by atoms with Crippen molar-refractivity contribution in [1.29, 1.82) is 0 Å². The molecule has 0 saturated heterocycles. The van der Waals surface area contributed by atoms with Gasteiger partial charge in [-0.3, -0.25) is 4.79 Å². The summed E-state index contributed by atoms with van der Waals surface area (Å²) in [4.78, 5) is 11.3. The number of carbonyl (C=O) groups is 1. The zero-order chi connectivity index (χ0) is 10.1. The van der Waals surface area contributed by atoms with Crippen molar-refractivity contribution >= 4 is 5.78 Å². The summed E-state index contributed by atoms with van der Waals surface area (Å²) in [5.74, 6) is 1.73. The molecule has 14 heavy (non-hydrogen) atoms. The first-order chi connectivity index (χ1) is 6.66. The summed E-state index contributed by atoms with van der Waals surface area (Å²) in [6, 6.07) is 0. The first-order valence-electron chi connectivity index (χ1n) is 5.84. The summed E-state index contributed by atoms with van der Waals surface area (Å²) in [5.41, 5.74) is 0. The zero-order valence-electron chi connectivity index (χ0n) is 9.16. The molecule has 0 aromatic rings. The maximum absolute atomic E-state index is 11.3. The van der Waals surface area contributed by atoms with Gasteiger partial charge in [0.25, 0.3) is 0 Å². The fourth-order valence-corrected chi connectivity index (χ4v) is 2.24. The Hall–Kier alpha value is -0.370. The van der Waals surface area contributed by atoms with Crippen LogP contribution in [-0.4, -0.2) is 18.0 Å². The van der Waals surface area contributed by atoms with Gasteiger partial charge in [0.1, 0.15) is 5.78 Å². The SMILES string of the molecule is CC1CCC(=O)CC1OC(C)C1CC1. The monoisotopic (exact) mass is 196 g/mol. The molecule has 0 N–H and O–H groups in total. The number of Topliss-reactive ketones (excluding diaryl/α,β-unsaturated/α-hetero) is 1. The first-order valence-corrected chi connectivity index (χ1v) is 5.84. The van der Waals surface area contributed by atoms with Crippen molar-refractivity contribution in [1.82, 2.24) is 0 Å². The summed E-state index contributed by atoms with van der Waals surface area (Å²) < 4.78 is 5.98. The standard InChI is InChI=1S/C12H20O2/c1-8-3-6-11(13)7-12(8)14-9(2)10-4-5-10/h8-10,12H,3-7H2,1-2H3. The fraction of sp³-hybridized carbons (Fsp3) is 0.917. The Morgan fingerprint density at radius 3 is 2.71 bits per heavy atom. The lowest BCUT2D eigenvalue weighted by molar-refractivity contribution is -0.130. The van der Waals surface area contributed by atoms with Crippen molar-refractivity contribution in [2.24, 2.45) is 11.8 Å². The molecule has 0 spiro atoms. The third-order valence-corrected chi connectivity index (χ3v) is 3.62. The quantitative estimate of drug-likeness (QED) is 0.693. The summed E-state index contributed by atoms with van der Waals surface area (Å²) >= 11 is 0. The van der Waals surface area contributed by atoms with E-state index in [9.17, 15) is 4.79 Å². The van der Waals surface area contributed by atoms with Crippen LogP contribution in [-0.2, 0) is 9.53 Å². The van der Waals surface area contributed by atoms with E-state index < -0.39 is 0 Å². The second-order valence-corrected chi connectivity index (χ2v) is 4.98. The van der Waals surface area contributed by atoms with Crippen LogP contribution in [0, 0.1) is 11.8 Å².